The fourth-order valence-electron chi connectivity index (χ4n) is 2.83. The Bertz CT molecular complexity index is 659. The maximum atomic E-state index is 12.0. The third-order valence-electron chi connectivity index (χ3n) is 4.31. The second kappa shape index (κ2) is 10.7. The zero-order valence-corrected chi connectivity index (χ0v) is 16.1. The number of nitrogens with zero attached hydrogens (tertiary/aromatic N) is 3. The number of esters is 1. The third-order valence-corrected chi connectivity index (χ3v) is 4.31. The molecular weight excluding hydrogens is 328 g/mol. The van der Waals surface area contributed by atoms with E-state index in [1.54, 1.807) is 6.92 Å². The molecule has 0 spiro atoms. The van der Waals surface area contributed by atoms with Crippen LogP contribution in [0.2, 0.25) is 0 Å². The fourth-order valence-corrected chi connectivity index (χ4v) is 2.83. The van der Waals surface area contributed by atoms with Crippen molar-refractivity contribution in [2.24, 2.45) is 0 Å². The lowest BCUT2D eigenvalue weighted by molar-refractivity contribution is 0.0520. The number of aromatic nitrogens is 3. The maximum Gasteiger partial charge on any atom is 0.361 e. The van der Waals surface area contributed by atoms with Crippen molar-refractivity contribution in [1.82, 2.24) is 20.3 Å². The van der Waals surface area contributed by atoms with Crippen molar-refractivity contribution in [1.29, 1.82) is 0 Å². The maximum absolute atomic E-state index is 12.0. The molecule has 0 bridgehead atoms. The van der Waals surface area contributed by atoms with E-state index in [-0.39, 0.29) is 5.69 Å². The van der Waals surface area contributed by atoms with Gasteiger partial charge in [-0.3, -0.25) is 4.90 Å². The molecule has 1 N–H and O–H groups in total. The van der Waals surface area contributed by atoms with Crippen molar-refractivity contribution in [3.05, 3.63) is 35.5 Å². The summed E-state index contributed by atoms with van der Waals surface area (Å²) in [6.45, 7) is 9.76. The molecule has 2 aromatic rings. The van der Waals surface area contributed by atoms with Gasteiger partial charge in [-0.25, -0.2) is 4.79 Å². The Morgan fingerprint density at radius 2 is 1.69 bits per heavy atom. The first-order valence-corrected chi connectivity index (χ1v) is 9.59. The summed E-state index contributed by atoms with van der Waals surface area (Å²) in [7, 11) is 0. The van der Waals surface area contributed by atoms with E-state index in [1.165, 1.54) is 31.2 Å². The zero-order valence-electron chi connectivity index (χ0n) is 16.1. The van der Waals surface area contributed by atoms with E-state index in [1.807, 2.05) is 12.1 Å². The van der Waals surface area contributed by atoms with Gasteiger partial charge in [0.25, 0.3) is 0 Å². The lowest BCUT2D eigenvalue weighted by Gasteiger charge is -2.22. The third kappa shape index (κ3) is 5.66. The highest BCUT2D eigenvalue weighted by atomic mass is 16.5. The summed E-state index contributed by atoms with van der Waals surface area (Å²) < 4.78 is 5.03. The Balaban J connectivity index is 2.08. The molecule has 6 nitrogen and oxygen atoms in total. The number of carbonyl (C=O) groups excluding carboxylic acids is 1. The van der Waals surface area contributed by atoms with Crippen LogP contribution in [0.1, 0.15) is 62.5 Å². The minimum atomic E-state index is -0.453. The number of nitrogens with one attached hydrogen (secondary N) is 1. The molecule has 0 amide bonds. The van der Waals surface area contributed by atoms with Crippen LogP contribution in [0.5, 0.6) is 0 Å². The predicted octanol–water partition coefficient (Wildman–Crippen LogP) is 4.05. The molecular formula is C20H30N4O2. The van der Waals surface area contributed by atoms with E-state index >= 15 is 0 Å². The molecule has 26 heavy (non-hydrogen) atoms. The normalized spacial score (nSPS) is 11.1. The van der Waals surface area contributed by atoms with Gasteiger partial charge in [-0.2, -0.15) is 10.3 Å². The second-order valence-electron chi connectivity index (χ2n) is 6.42. The highest BCUT2D eigenvalue weighted by Crippen LogP contribution is 2.21. The molecule has 0 saturated carbocycles. The smallest absolute Gasteiger partial charge is 0.361 e. The molecule has 6 heteroatoms. The van der Waals surface area contributed by atoms with Crippen LogP contribution in [0.3, 0.4) is 0 Å². The van der Waals surface area contributed by atoms with E-state index in [0.717, 1.165) is 25.2 Å². The highest BCUT2D eigenvalue weighted by Gasteiger charge is 2.19. The van der Waals surface area contributed by atoms with Crippen LogP contribution in [-0.2, 0) is 11.3 Å². The molecule has 0 aliphatic rings. The number of aromatic amines is 1. The average Bonchev–Trinajstić information content (AvgIpc) is 3.14. The van der Waals surface area contributed by atoms with Crippen LogP contribution in [0, 0.1) is 0 Å². The first-order chi connectivity index (χ1) is 12.7. The van der Waals surface area contributed by atoms with Gasteiger partial charge in [0.05, 0.1) is 6.61 Å². The fraction of sp³-hybridized carbons (Fsp3) is 0.550. The largest absolute Gasteiger partial charge is 0.461 e. The lowest BCUT2D eigenvalue weighted by Crippen LogP contribution is -2.25. The molecule has 1 aromatic heterocycles. The SMILES string of the molecule is CCCCN(CCCC)Cc1ccc(-c2n[nH]nc2C(=O)OCC)cc1. The first-order valence-electron chi connectivity index (χ1n) is 9.59. The number of benzene rings is 1. The number of ether oxygens (including phenoxy) is 1. The van der Waals surface area contributed by atoms with Crippen molar-refractivity contribution >= 4 is 5.97 Å². The van der Waals surface area contributed by atoms with Crippen LogP contribution in [0.25, 0.3) is 11.3 Å². The molecule has 0 fully saturated rings. The number of hydrogen-bond acceptors (Lipinski definition) is 5. The van der Waals surface area contributed by atoms with Crippen LogP contribution < -0.4 is 0 Å². The van der Waals surface area contributed by atoms with Crippen LogP contribution in [0.4, 0.5) is 0 Å². The predicted molar refractivity (Wildman–Crippen MR) is 103 cm³/mol. The molecule has 0 aliphatic heterocycles. The minimum absolute atomic E-state index is 0.229. The van der Waals surface area contributed by atoms with E-state index < -0.39 is 5.97 Å². The summed E-state index contributed by atoms with van der Waals surface area (Å²) in [5.41, 5.74) is 2.89. The van der Waals surface area contributed by atoms with Crippen molar-refractivity contribution in [3.8, 4) is 11.3 Å². The Morgan fingerprint density at radius 3 is 2.27 bits per heavy atom. The summed E-state index contributed by atoms with van der Waals surface area (Å²) >= 11 is 0. The zero-order chi connectivity index (χ0) is 18.8. The van der Waals surface area contributed by atoms with Gasteiger partial charge in [0.15, 0.2) is 5.69 Å². The monoisotopic (exact) mass is 358 g/mol. The van der Waals surface area contributed by atoms with E-state index in [2.05, 4.69) is 46.3 Å². The molecule has 0 atom stereocenters. The topological polar surface area (TPSA) is 71.1 Å². The quantitative estimate of drug-likeness (QED) is 0.614. The molecule has 0 saturated heterocycles. The van der Waals surface area contributed by atoms with Crippen molar-refractivity contribution < 1.29 is 9.53 Å². The lowest BCUT2D eigenvalue weighted by atomic mass is 10.1. The Labute approximate surface area is 155 Å². The number of unbranched alkanes of at least 4 members (excludes halogenated alkanes) is 2. The second-order valence-corrected chi connectivity index (χ2v) is 6.42. The molecule has 1 heterocycles. The standard InChI is InChI=1S/C20H30N4O2/c1-4-7-13-24(14-8-5-2)15-16-9-11-17(12-10-16)18-19(22-23-21-18)20(25)26-6-3/h9-12H,4-8,13-15H2,1-3H3,(H,21,22,23). The van der Waals surface area contributed by atoms with E-state index in [0.29, 0.717) is 12.3 Å². The summed E-state index contributed by atoms with van der Waals surface area (Å²) in [6.07, 6.45) is 4.88. The van der Waals surface area contributed by atoms with Gasteiger partial charge in [-0.15, -0.1) is 5.10 Å². The molecule has 142 valence electrons. The molecule has 1 aromatic carbocycles. The number of rotatable bonds is 11. The Morgan fingerprint density at radius 1 is 1.04 bits per heavy atom. The number of H-pyrrole nitrogens is 1. The number of carbonyl (C=O) groups is 1. The Kier molecular flexibility index (Phi) is 8.28. The highest BCUT2D eigenvalue weighted by molar-refractivity contribution is 5.93. The Hall–Kier alpha value is -2.21. The molecule has 0 aliphatic carbocycles. The van der Waals surface area contributed by atoms with E-state index in [9.17, 15) is 4.79 Å². The van der Waals surface area contributed by atoms with E-state index in [4.69, 9.17) is 4.74 Å². The summed E-state index contributed by atoms with van der Waals surface area (Å²) in [4.78, 5) is 14.5. The van der Waals surface area contributed by atoms with Crippen LogP contribution >= 0.6 is 0 Å². The molecule has 2 rings (SSSR count). The van der Waals surface area contributed by atoms with Crippen LogP contribution in [0.15, 0.2) is 24.3 Å². The summed E-state index contributed by atoms with van der Waals surface area (Å²) in [5.74, 6) is -0.453. The number of hydrogen-bond donors (Lipinski definition) is 1. The first kappa shape index (κ1) is 20.1. The van der Waals surface area contributed by atoms with Gasteiger partial charge in [0.2, 0.25) is 0 Å². The van der Waals surface area contributed by atoms with Crippen molar-refractivity contribution in [3.63, 3.8) is 0 Å². The van der Waals surface area contributed by atoms with Gasteiger partial charge < -0.3 is 4.74 Å². The minimum Gasteiger partial charge on any atom is -0.461 e. The van der Waals surface area contributed by atoms with Gasteiger partial charge in [-0.05, 0) is 38.4 Å². The van der Waals surface area contributed by atoms with Gasteiger partial charge in [0.1, 0.15) is 5.69 Å². The van der Waals surface area contributed by atoms with Crippen molar-refractivity contribution in [2.45, 2.75) is 53.0 Å². The summed E-state index contributed by atoms with van der Waals surface area (Å²) in [6, 6.07) is 8.19. The van der Waals surface area contributed by atoms with Crippen LogP contribution in [-0.4, -0.2) is 46.0 Å². The van der Waals surface area contributed by atoms with Gasteiger partial charge >= 0.3 is 5.97 Å². The van der Waals surface area contributed by atoms with Crippen molar-refractivity contribution in [2.75, 3.05) is 19.7 Å². The average molecular weight is 358 g/mol. The summed E-state index contributed by atoms with van der Waals surface area (Å²) in [5, 5.41) is 10.6. The van der Waals surface area contributed by atoms with Gasteiger partial charge in [0, 0.05) is 12.1 Å². The van der Waals surface area contributed by atoms with Gasteiger partial charge in [-0.1, -0.05) is 51.0 Å². The molecule has 0 radical (unpaired) electrons. The molecule has 0 unspecified atom stereocenters.